The van der Waals surface area contributed by atoms with Crippen molar-refractivity contribution in [2.75, 3.05) is 0 Å². The highest BCUT2D eigenvalue weighted by Gasteiger charge is 2.69. The molecule has 0 aromatic carbocycles. The van der Waals surface area contributed by atoms with Crippen LogP contribution in [0.25, 0.3) is 0 Å². The molecule has 0 bridgehead atoms. The van der Waals surface area contributed by atoms with Gasteiger partial charge in [-0.25, -0.2) is 0 Å². The van der Waals surface area contributed by atoms with Gasteiger partial charge in [0.25, 0.3) is 0 Å². The van der Waals surface area contributed by atoms with E-state index < -0.39 is 5.54 Å². The van der Waals surface area contributed by atoms with E-state index in [2.05, 4.69) is 24.4 Å². The largest absolute Gasteiger partial charge is 0.150 e. The lowest BCUT2D eigenvalue weighted by Gasteiger charge is -2.69. The Morgan fingerprint density at radius 3 is 2.69 bits per heavy atom. The summed E-state index contributed by atoms with van der Waals surface area (Å²) < 4.78 is 0. The van der Waals surface area contributed by atoms with Crippen LogP contribution in [0.5, 0.6) is 0 Å². The van der Waals surface area contributed by atoms with Gasteiger partial charge in [0.05, 0.1) is 0 Å². The Bertz CT molecular complexity index is 396. The summed E-state index contributed by atoms with van der Waals surface area (Å²) in [4.78, 5) is 11.4. The van der Waals surface area contributed by atoms with Crippen molar-refractivity contribution in [3.05, 3.63) is 23.3 Å². The van der Waals surface area contributed by atoms with E-state index in [1.54, 1.807) is 0 Å². The molecule has 0 heterocycles. The fourth-order valence-electron chi connectivity index (χ4n) is 4.69. The molecular weight excluding hydrogens is 198 g/mol. The Morgan fingerprint density at radius 2 is 2.12 bits per heavy atom. The molecule has 0 spiro atoms. The van der Waals surface area contributed by atoms with E-state index in [0.29, 0.717) is 5.92 Å². The number of hydrogen-bond donors (Lipinski definition) is 0. The van der Waals surface area contributed by atoms with E-state index in [1.807, 2.05) is 13.0 Å². The van der Waals surface area contributed by atoms with E-state index >= 15 is 0 Å². The lowest BCUT2D eigenvalue weighted by Crippen LogP contribution is -2.68. The van der Waals surface area contributed by atoms with E-state index in [0.717, 1.165) is 24.2 Å². The van der Waals surface area contributed by atoms with Gasteiger partial charge in [0, 0.05) is 5.41 Å². The molecule has 2 heteroatoms. The van der Waals surface area contributed by atoms with Crippen molar-refractivity contribution in [1.29, 1.82) is 0 Å². The Morgan fingerprint density at radius 1 is 1.38 bits per heavy atom. The molecule has 3 saturated carbocycles. The van der Waals surface area contributed by atoms with Gasteiger partial charge < -0.3 is 0 Å². The monoisotopic (exact) mass is 217 g/mol. The first kappa shape index (κ1) is 10.3. The topological polar surface area (TPSA) is 29.4 Å². The molecule has 0 amide bonds. The summed E-state index contributed by atoms with van der Waals surface area (Å²) in [6.45, 7) is 7.88. The third-order valence-corrected chi connectivity index (χ3v) is 5.89. The summed E-state index contributed by atoms with van der Waals surface area (Å²) in [5.74, 6) is 3.05. The van der Waals surface area contributed by atoms with Crippen molar-refractivity contribution in [2.45, 2.75) is 38.6 Å². The second kappa shape index (κ2) is 2.87. The minimum atomic E-state index is -0.435. The zero-order valence-electron chi connectivity index (χ0n) is 10.1. The quantitative estimate of drug-likeness (QED) is 0.514. The normalized spacial score (nSPS) is 57.4. The summed E-state index contributed by atoms with van der Waals surface area (Å²) in [5, 5.41) is 3.54. The average molecular weight is 217 g/mol. The predicted octanol–water partition coefficient (Wildman–Crippen LogP) is 3.53. The van der Waals surface area contributed by atoms with Crippen LogP contribution >= 0.6 is 0 Å². The first-order chi connectivity index (χ1) is 7.55. The molecule has 16 heavy (non-hydrogen) atoms. The number of nitrogens with zero attached hydrogens (tertiary/aromatic N) is 1. The minimum absolute atomic E-state index is 0.131. The Balaban J connectivity index is 2.03. The summed E-state index contributed by atoms with van der Waals surface area (Å²) in [5.41, 5.74) is 2.32. The molecule has 0 aliphatic heterocycles. The minimum Gasteiger partial charge on any atom is -0.150 e. The molecule has 0 aromatic heterocycles. The van der Waals surface area contributed by atoms with Gasteiger partial charge in [-0.3, -0.25) is 0 Å². The highest BCUT2D eigenvalue weighted by Crippen LogP contribution is 2.71. The maximum Gasteiger partial charge on any atom is 0.112 e. The molecule has 3 rings (SSSR count). The van der Waals surface area contributed by atoms with Gasteiger partial charge in [-0.15, -0.1) is 5.73 Å². The number of rotatable bonds is 2. The second-order valence-corrected chi connectivity index (χ2v) is 6.38. The molecule has 2 unspecified atom stereocenters. The molecule has 0 N–H and O–H groups in total. The molecule has 0 aromatic rings. The van der Waals surface area contributed by atoms with Crippen LogP contribution in [0.15, 0.2) is 23.6 Å². The Labute approximate surface area is 96.8 Å². The van der Waals surface area contributed by atoms with Gasteiger partial charge in [0.1, 0.15) is 5.54 Å². The van der Waals surface area contributed by atoms with E-state index in [1.165, 1.54) is 12.8 Å². The fourth-order valence-corrected chi connectivity index (χ4v) is 4.69. The van der Waals surface area contributed by atoms with Gasteiger partial charge in [-0.2, -0.15) is 4.91 Å². The fraction of sp³-hybridized carbons (Fsp3) is 0.786. The van der Waals surface area contributed by atoms with Crippen LogP contribution in [-0.4, -0.2) is 5.54 Å². The molecule has 3 aliphatic carbocycles. The summed E-state index contributed by atoms with van der Waals surface area (Å²) in [6, 6.07) is 0. The standard InChI is InChI=1S/C14H19NO/c1-4-5-13(2)8-10-6-9-7-11(12(9)10)14(13,3)15-16/h5,9-12H,1,6-8H2,2-3H3/t9-,10?,11+,12+,13?,14+/m1/s1. The van der Waals surface area contributed by atoms with Gasteiger partial charge in [0.15, 0.2) is 0 Å². The number of hydrogen-bond acceptors (Lipinski definition) is 2. The summed E-state index contributed by atoms with van der Waals surface area (Å²) in [7, 11) is 0. The van der Waals surface area contributed by atoms with Crippen LogP contribution in [0.2, 0.25) is 0 Å². The molecule has 0 radical (unpaired) electrons. The van der Waals surface area contributed by atoms with Gasteiger partial charge in [0.2, 0.25) is 0 Å². The molecule has 0 saturated heterocycles. The molecule has 2 nitrogen and oxygen atoms in total. The predicted molar refractivity (Wildman–Crippen MR) is 63.8 cm³/mol. The van der Waals surface area contributed by atoms with E-state index in [4.69, 9.17) is 0 Å². The van der Waals surface area contributed by atoms with Gasteiger partial charge >= 0.3 is 0 Å². The lowest BCUT2D eigenvalue weighted by molar-refractivity contribution is -0.188. The van der Waals surface area contributed by atoms with Crippen LogP contribution in [0.3, 0.4) is 0 Å². The maximum absolute atomic E-state index is 11.4. The second-order valence-electron chi connectivity index (χ2n) is 6.38. The van der Waals surface area contributed by atoms with Crippen LogP contribution in [0, 0.1) is 34.0 Å². The number of nitroso groups, excluding NO2 is 1. The zero-order chi connectivity index (χ0) is 11.6. The van der Waals surface area contributed by atoms with Gasteiger partial charge in [-0.1, -0.05) is 18.7 Å². The Hall–Kier alpha value is -0.880. The molecule has 86 valence electrons. The maximum atomic E-state index is 11.4. The first-order valence-corrected chi connectivity index (χ1v) is 6.27. The van der Waals surface area contributed by atoms with Crippen LogP contribution < -0.4 is 0 Å². The van der Waals surface area contributed by atoms with Crippen LogP contribution in [-0.2, 0) is 0 Å². The Kier molecular flexibility index (Phi) is 1.84. The van der Waals surface area contributed by atoms with Crippen molar-refractivity contribution in [1.82, 2.24) is 0 Å². The van der Waals surface area contributed by atoms with Crippen LogP contribution in [0.1, 0.15) is 33.1 Å². The van der Waals surface area contributed by atoms with Gasteiger partial charge in [-0.05, 0) is 55.9 Å². The van der Waals surface area contributed by atoms with Crippen molar-refractivity contribution >= 4 is 0 Å². The lowest BCUT2D eigenvalue weighted by atomic mass is 9.35. The third kappa shape index (κ3) is 0.906. The molecular formula is C14H19NO. The van der Waals surface area contributed by atoms with Crippen molar-refractivity contribution in [3.63, 3.8) is 0 Å². The molecule has 6 atom stereocenters. The zero-order valence-corrected chi connectivity index (χ0v) is 10.1. The average Bonchev–Trinajstić information content (AvgIpc) is 2.21. The van der Waals surface area contributed by atoms with E-state index in [-0.39, 0.29) is 5.41 Å². The van der Waals surface area contributed by atoms with Crippen LogP contribution in [0.4, 0.5) is 0 Å². The molecule has 3 aliphatic rings. The SMILES string of the molecule is C=C=CC1(C)CC2C[C@@H]3C[C@@H]([C@H]23)[C@]1(C)N=O. The molecule has 3 fully saturated rings. The smallest absolute Gasteiger partial charge is 0.112 e. The highest BCUT2D eigenvalue weighted by atomic mass is 16.3. The van der Waals surface area contributed by atoms with Crippen molar-refractivity contribution in [2.24, 2.45) is 34.3 Å². The van der Waals surface area contributed by atoms with Crippen molar-refractivity contribution < 1.29 is 0 Å². The van der Waals surface area contributed by atoms with Crippen molar-refractivity contribution in [3.8, 4) is 0 Å². The highest BCUT2D eigenvalue weighted by molar-refractivity contribution is 5.24. The van der Waals surface area contributed by atoms with E-state index in [9.17, 15) is 4.91 Å². The summed E-state index contributed by atoms with van der Waals surface area (Å²) in [6.07, 6.45) is 5.67. The summed E-state index contributed by atoms with van der Waals surface area (Å²) >= 11 is 0. The third-order valence-electron chi connectivity index (χ3n) is 5.89. The first-order valence-electron chi connectivity index (χ1n) is 6.27.